The van der Waals surface area contributed by atoms with Crippen LogP contribution >= 0.6 is 15.9 Å². The van der Waals surface area contributed by atoms with Crippen molar-refractivity contribution in [2.45, 2.75) is 26.7 Å². The second-order valence-corrected chi connectivity index (χ2v) is 2.50. The lowest BCUT2D eigenvalue weighted by molar-refractivity contribution is 0.949. The Hall–Kier alpha value is 0.220. The summed E-state index contributed by atoms with van der Waals surface area (Å²) in [6.07, 6.45) is 4.49. The Bertz CT molecular complexity index is 64.6. The lowest BCUT2D eigenvalue weighted by Gasteiger charge is -1.88. The second kappa shape index (κ2) is 4.38. The van der Waals surface area contributed by atoms with Gasteiger partial charge in [0, 0.05) is 0 Å². The zero-order valence-electron chi connectivity index (χ0n) is 4.87. The zero-order valence-corrected chi connectivity index (χ0v) is 6.46. The van der Waals surface area contributed by atoms with Crippen molar-refractivity contribution in [3.8, 4) is 0 Å². The van der Waals surface area contributed by atoms with E-state index in [9.17, 15) is 0 Å². The fourth-order valence-electron chi connectivity index (χ4n) is 0.383. The minimum atomic E-state index is 1.18. The summed E-state index contributed by atoms with van der Waals surface area (Å²) in [6, 6.07) is 0. The van der Waals surface area contributed by atoms with Crippen molar-refractivity contribution in [2.24, 2.45) is 0 Å². The summed E-state index contributed by atoms with van der Waals surface area (Å²) in [5.41, 5.74) is 0. The Balaban J connectivity index is 3.17. The quantitative estimate of drug-likeness (QED) is 0.586. The third-order valence-electron chi connectivity index (χ3n) is 0.802. The SMILES string of the molecule is C/C=C(\Br)CCC. The first-order chi connectivity index (χ1) is 3.31. The highest BCUT2D eigenvalue weighted by atomic mass is 79.9. The summed E-state index contributed by atoms with van der Waals surface area (Å²) >= 11 is 3.40. The van der Waals surface area contributed by atoms with Crippen LogP contribution in [0.1, 0.15) is 26.7 Å². The molecule has 0 aliphatic rings. The van der Waals surface area contributed by atoms with Crippen molar-refractivity contribution in [1.82, 2.24) is 0 Å². The average Bonchev–Trinajstić information content (AvgIpc) is 1.68. The van der Waals surface area contributed by atoms with Gasteiger partial charge in [0.1, 0.15) is 0 Å². The van der Waals surface area contributed by atoms with Crippen LogP contribution in [0.3, 0.4) is 0 Å². The fraction of sp³-hybridized carbons (Fsp3) is 0.667. The molecule has 0 unspecified atom stereocenters. The largest absolute Gasteiger partial charge is 0.0775 e. The Morgan fingerprint density at radius 3 is 2.43 bits per heavy atom. The van der Waals surface area contributed by atoms with Crippen LogP contribution in [0.25, 0.3) is 0 Å². The van der Waals surface area contributed by atoms with Crippen molar-refractivity contribution >= 4 is 15.9 Å². The molecule has 42 valence electrons. The molecule has 0 atom stereocenters. The molecule has 0 aromatic rings. The molecule has 0 nitrogen and oxygen atoms in total. The molecule has 0 spiro atoms. The molecule has 0 aliphatic carbocycles. The molecule has 0 aromatic heterocycles. The maximum Gasteiger partial charge on any atom is -0.00921 e. The highest BCUT2D eigenvalue weighted by Gasteiger charge is 1.82. The minimum absolute atomic E-state index is 1.18. The fourth-order valence-corrected chi connectivity index (χ4v) is 0.780. The third-order valence-corrected chi connectivity index (χ3v) is 1.66. The monoisotopic (exact) mass is 162 g/mol. The molecule has 1 heteroatoms. The van der Waals surface area contributed by atoms with Gasteiger partial charge >= 0.3 is 0 Å². The van der Waals surface area contributed by atoms with Crippen LogP contribution in [0.2, 0.25) is 0 Å². The molecule has 0 fully saturated rings. The van der Waals surface area contributed by atoms with E-state index in [-0.39, 0.29) is 0 Å². The number of rotatable bonds is 2. The Labute approximate surface area is 53.7 Å². The molecule has 7 heavy (non-hydrogen) atoms. The van der Waals surface area contributed by atoms with Crippen LogP contribution in [0.4, 0.5) is 0 Å². The van der Waals surface area contributed by atoms with E-state index < -0.39 is 0 Å². The summed E-state index contributed by atoms with van der Waals surface area (Å²) < 4.78 is 1.31. The normalized spacial score (nSPS) is 12.1. The van der Waals surface area contributed by atoms with Crippen molar-refractivity contribution < 1.29 is 0 Å². The standard InChI is InChI=1S/C6H11Br/c1-3-5-6(7)4-2/h4H,3,5H2,1-2H3/b6-4-. The highest BCUT2D eigenvalue weighted by Crippen LogP contribution is 2.10. The van der Waals surface area contributed by atoms with Crippen molar-refractivity contribution in [3.63, 3.8) is 0 Å². The molecule has 0 aromatic carbocycles. The van der Waals surface area contributed by atoms with E-state index in [0.717, 1.165) is 0 Å². The summed E-state index contributed by atoms with van der Waals surface area (Å²) in [5, 5.41) is 0. The molecular weight excluding hydrogens is 152 g/mol. The lowest BCUT2D eigenvalue weighted by atomic mass is 10.3. The first-order valence-electron chi connectivity index (χ1n) is 2.62. The predicted octanol–water partition coefficient (Wildman–Crippen LogP) is 3.09. The van der Waals surface area contributed by atoms with E-state index in [1.54, 1.807) is 0 Å². The maximum absolute atomic E-state index is 3.40. The van der Waals surface area contributed by atoms with Crippen molar-refractivity contribution in [3.05, 3.63) is 10.6 Å². The molecule has 0 aliphatic heterocycles. The molecule has 0 amide bonds. The van der Waals surface area contributed by atoms with Crippen LogP contribution < -0.4 is 0 Å². The molecule has 0 saturated carbocycles. The second-order valence-electron chi connectivity index (χ2n) is 1.49. The molecule has 0 bridgehead atoms. The average molecular weight is 163 g/mol. The van der Waals surface area contributed by atoms with Crippen LogP contribution in [0.5, 0.6) is 0 Å². The number of halogens is 1. The van der Waals surface area contributed by atoms with Crippen LogP contribution in [-0.2, 0) is 0 Å². The van der Waals surface area contributed by atoms with Crippen molar-refractivity contribution in [1.29, 1.82) is 0 Å². The molecule has 0 heterocycles. The van der Waals surface area contributed by atoms with Gasteiger partial charge in [0.2, 0.25) is 0 Å². The molecule has 0 radical (unpaired) electrons. The first kappa shape index (κ1) is 7.22. The van der Waals surface area contributed by atoms with E-state index in [1.165, 1.54) is 17.3 Å². The number of hydrogen-bond donors (Lipinski definition) is 0. The summed E-state index contributed by atoms with van der Waals surface area (Å²) in [6.45, 7) is 4.21. The Morgan fingerprint density at radius 1 is 1.71 bits per heavy atom. The zero-order chi connectivity index (χ0) is 5.70. The highest BCUT2D eigenvalue weighted by molar-refractivity contribution is 9.11. The summed E-state index contributed by atoms with van der Waals surface area (Å²) in [7, 11) is 0. The van der Waals surface area contributed by atoms with Gasteiger partial charge in [-0.05, 0) is 17.8 Å². The number of hydrogen-bond acceptors (Lipinski definition) is 0. The van der Waals surface area contributed by atoms with Gasteiger partial charge in [-0.25, -0.2) is 0 Å². The van der Waals surface area contributed by atoms with Crippen LogP contribution in [0, 0.1) is 0 Å². The van der Waals surface area contributed by atoms with Gasteiger partial charge in [-0.15, -0.1) is 0 Å². The van der Waals surface area contributed by atoms with E-state index >= 15 is 0 Å². The smallest absolute Gasteiger partial charge is 0.00921 e. The van der Waals surface area contributed by atoms with Crippen LogP contribution in [0.15, 0.2) is 10.6 Å². The van der Waals surface area contributed by atoms with Crippen LogP contribution in [-0.4, -0.2) is 0 Å². The topological polar surface area (TPSA) is 0 Å². The molecule has 0 N–H and O–H groups in total. The molecule has 0 rings (SSSR count). The Morgan fingerprint density at radius 2 is 2.29 bits per heavy atom. The van der Waals surface area contributed by atoms with E-state index in [1.807, 2.05) is 6.92 Å². The maximum atomic E-state index is 3.40. The van der Waals surface area contributed by atoms with Gasteiger partial charge in [0.15, 0.2) is 0 Å². The van der Waals surface area contributed by atoms with E-state index in [4.69, 9.17) is 0 Å². The van der Waals surface area contributed by atoms with E-state index in [2.05, 4.69) is 28.9 Å². The minimum Gasteiger partial charge on any atom is -0.0775 e. The Kier molecular flexibility index (Phi) is 4.52. The summed E-state index contributed by atoms with van der Waals surface area (Å²) in [5.74, 6) is 0. The first-order valence-corrected chi connectivity index (χ1v) is 3.41. The van der Waals surface area contributed by atoms with E-state index in [0.29, 0.717) is 0 Å². The lowest BCUT2D eigenvalue weighted by Crippen LogP contribution is -1.65. The molecule has 0 saturated heterocycles. The molecular formula is C6H11Br. The van der Waals surface area contributed by atoms with Gasteiger partial charge in [-0.1, -0.05) is 35.4 Å². The van der Waals surface area contributed by atoms with Gasteiger partial charge < -0.3 is 0 Å². The predicted molar refractivity (Wildman–Crippen MR) is 37.6 cm³/mol. The summed E-state index contributed by atoms with van der Waals surface area (Å²) in [4.78, 5) is 0. The van der Waals surface area contributed by atoms with Gasteiger partial charge in [-0.3, -0.25) is 0 Å². The third kappa shape index (κ3) is 4.07. The van der Waals surface area contributed by atoms with Gasteiger partial charge in [0.25, 0.3) is 0 Å². The van der Waals surface area contributed by atoms with Gasteiger partial charge in [0.05, 0.1) is 0 Å². The number of allylic oxidation sites excluding steroid dienone is 2. The van der Waals surface area contributed by atoms with Crippen molar-refractivity contribution in [2.75, 3.05) is 0 Å². The van der Waals surface area contributed by atoms with Gasteiger partial charge in [-0.2, -0.15) is 0 Å².